The minimum Gasteiger partial charge on any atom is -0.346 e. The van der Waals surface area contributed by atoms with Crippen LogP contribution in [0.25, 0.3) is 0 Å². The molecule has 0 heterocycles. The van der Waals surface area contributed by atoms with Crippen LogP contribution in [0.4, 0.5) is 0 Å². The first-order valence-corrected chi connectivity index (χ1v) is 1.50. The van der Waals surface area contributed by atoms with E-state index in [4.69, 9.17) is 0 Å². The normalized spacial score (nSPS) is 6.00. The Morgan fingerprint density at radius 3 is 1.20 bits per heavy atom. The summed E-state index contributed by atoms with van der Waals surface area (Å²) in [5.74, 6) is 0. The maximum Gasteiger partial charge on any atom is 2.00 e. The third kappa shape index (κ3) is 11.9. The van der Waals surface area contributed by atoms with E-state index in [1.165, 1.54) is 0 Å². The minimum atomic E-state index is 0. The molecule has 0 atom stereocenters. The molecule has 0 aliphatic carbocycles. The van der Waals surface area contributed by atoms with E-state index >= 15 is 0 Å². The average Bonchev–Trinajstić information content (AvgIpc) is 1.37. The number of unbranched alkanes of at least 4 members (excludes halogenated alkanes) is 1. The minimum absolute atomic E-state index is 0. The van der Waals surface area contributed by atoms with Crippen molar-refractivity contribution in [3.8, 4) is 0 Å². The zero-order valence-corrected chi connectivity index (χ0v) is 5.42. The van der Waals surface area contributed by atoms with Gasteiger partial charge in [-0.1, -0.05) is 0 Å². The van der Waals surface area contributed by atoms with Gasteiger partial charge >= 0.3 is 21.1 Å². The van der Waals surface area contributed by atoms with Crippen molar-refractivity contribution in [2.75, 3.05) is 0 Å². The molecule has 0 rings (SSSR count). The van der Waals surface area contributed by atoms with Gasteiger partial charge in [0.15, 0.2) is 0 Å². The third-order valence-electron chi connectivity index (χ3n) is 0.250. The molecule has 0 aromatic carbocycles. The van der Waals surface area contributed by atoms with E-state index in [0.29, 0.717) is 0 Å². The van der Waals surface area contributed by atoms with Gasteiger partial charge in [-0.15, -0.1) is 0 Å². The van der Waals surface area contributed by atoms with Gasteiger partial charge in [-0.3, -0.25) is 0 Å². The Morgan fingerprint density at radius 1 is 1.00 bits per heavy atom. The second-order valence-electron chi connectivity index (χ2n) is 0.707. The zero-order chi connectivity index (χ0) is 3.41. The van der Waals surface area contributed by atoms with Gasteiger partial charge in [-0.25, -0.2) is 12.8 Å². The van der Waals surface area contributed by atoms with Crippen molar-refractivity contribution in [1.29, 1.82) is 0 Å². The summed E-state index contributed by atoms with van der Waals surface area (Å²) in [7, 11) is 0. The van der Waals surface area contributed by atoms with Gasteiger partial charge in [0.1, 0.15) is 0 Å². The topological polar surface area (TPSA) is 0 Å². The van der Waals surface area contributed by atoms with Gasteiger partial charge < -0.3 is 13.8 Å². The number of hydrogen-bond acceptors (Lipinski definition) is 0. The van der Waals surface area contributed by atoms with Gasteiger partial charge in [0, 0.05) is 0 Å². The maximum atomic E-state index is 3.54. The molecule has 0 aromatic heterocycles. The average molecular weight is 251 g/mol. The number of hydrogen-bond donors (Lipinski definition) is 0. The van der Waals surface area contributed by atoms with Crippen LogP contribution in [-0.2, 0) is 21.1 Å². The molecular weight excluding hydrogens is 243 g/mol. The van der Waals surface area contributed by atoms with Crippen LogP contribution in [0.3, 0.4) is 0 Å². The molecule has 0 saturated heterocycles. The summed E-state index contributed by atoms with van der Waals surface area (Å²) in [6.45, 7) is 7.08. The standard InChI is InChI=1S/C4H8.Pt/c1-3-4-2;/h1-4H2;/q-2;+2. The van der Waals surface area contributed by atoms with Crippen molar-refractivity contribution in [1.82, 2.24) is 0 Å². The second-order valence-corrected chi connectivity index (χ2v) is 0.707. The van der Waals surface area contributed by atoms with E-state index in [1.807, 2.05) is 0 Å². The van der Waals surface area contributed by atoms with Crippen LogP contribution in [0.2, 0.25) is 0 Å². The van der Waals surface area contributed by atoms with Gasteiger partial charge in [0.25, 0.3) is 0 Å². The molecule has 0 N–H and O–H groups in total. The first-order chi connectivity index (χ1) is 1.91. The molecule has 1 heteroatoms. The molecule has 0 fully saturated rings. The number of rotatable bonds is 1. The van der Waals surface area contributed by atoms with Crippen molar-refractivity contribution in [3.05, 3.63) is 13.8 Å². The first kappa shape index (κ1) is 9.19. The Morgan fingerprint density at radius 2 is 1.20 bits per heavy atom. The summed E-state index contributed by atoms with van der Waals surface area (Å²) in [4.78, 5) is 0. The molecule has 0 unspecified atom stereocenters. The predicted molar refractivity (Wildman–Crippen MR) is 19.9 cm³/mol. The molecule has 0 nitrogen and oxygen atoms in total. The van der Waals surface area contributed by atoms with Crippen LogP contribution in [0, 0.1) is 13.8 Å². The van der Waals surface area contributed by atoms with Crippen LogP contribution in [-0.4, -0.2) is 0 Å². The van der Waals surface area contributed by atoms with E-state index in [0.717, 1.165) is 12.8 Å². The summed E-state index contributed by atoms with van der Waals surface area (Å²) in [5, 5.41) is 0. The molecule has 0 amide bonds. The second kappa shape index (κ2) is 8.82. The Balaban J connectivity index is 0. The molecule has 0 spiro atoms. The van der Waals surface area contributed by atoms with Gasteiger partial charge in [0.05, 0.1) is 0 Å². The third-order valence-corrected chi connectivity index (χ3v) is 0.250. The van der Waals surface area contributed by atoms with E-state index in [1.54, 1.807) is 0 Å². The van der Waals surface area contributed by atoms with Crippen molar-refractivity contribution >= 4 is 0 Å². The summed E-state index contributed by atoms with van der Waals surface area (Å²) in [6.07, 6.45) is 1.92. The van der Waals surface area contributed by atoms with Crippen molar-refractivity contribution < 1.29 is 21.1 Å². The van der Waals surface area contributed by atoms with Gasteiger partial charge in [-0.05, 0) is 0 Å². The SMILES string of the molecule is [CH2-]CC[CH2-].[Pt+2]. The fraction of sp³-hybridized carbons (Fsp3) is 0.500. The van der Waals surface area contributed by atoms with E-state index in [-0.39, 0.29) is 21.1 Å². The molecule has 0 saturated carbocycles. The van der Waals surface area contributed by atoms with Crippen molar-refractivity contribution in [3.63, 3.8) is 0 Å². The summed E-state index contributed by atoms with van der Waals surface area (Å²) in [5.41, 5.74) is 0. The van der Waals surface area contributed by atoms with Crippen LogP contribution >= 0.6 is 0 Å². The molecule has 0 radical (unpaired) electrons. The summed E-state index contributed by atoms with van der Waals surface area (Å²) < 4.78 is 0. The van der Waals surface area contributed by atoms with Crippen LogP contribution in [0.15, 0.2) is 0 Å². The fourth-order valence-corrected chi connectivity index (χ4v) is 0. The van der Waals surface area contributed by atoms with Crippen LogP contribution in [0.1, 0.15) is 12.8 Å². The Hall–Kier alpha value is 0.688. The quantitative estimate of drug-likeness (QED) is 0.618. The molecule has 5 heavy (non-hydrogen) atoms. The molecule has 34 valence electrons. The Bertz CT molecular complexity index is 5.61. The van der Waals surface area contributed by atoms with Crippen LogP contribution in [0.5, 0.6) is 0 Å². The molecule has 0 aromatic rings. The molecule has 0 aliphatic rings. The Labute approximate surface area is 48.2 Å². The Kier molecular flexibility index (Phi) is 16.2. The zero-order valence-electron chi connectivity index (χ0n) is 3.14. The first-order valence-electron chi connectivity index (χ1n) is 1.50. The van der Waals surface area contributed by atoms with E-state index in [2.05, 4.69) is 13.8 Å². The predicted octanol–water partition coefficient (Wildman–Crippen LogP) is 1.43. The van der Waals surface area contributed by atoms with Gasteiger partial charge in [-0.2, -0.15) is 0 Å². The molecule has 0 aliphatic heterocycles. The van der Waals surface area contributed by atoms with Crippen molar-refractivity contribution in [2.45, 2.75) is 12.8 Å². The largest absolute Gasteiger partial charge is 2.00 e. The van der Waals surface area contributed by atoms with Crippen LogP contribution < -0.4 is 0 Å². The van der Waals surface area contributed by atoms with Crippen molar-refractivity contribution in [2.24, 2.45) is 0 Å². The summed E-state index contributed by atoms with van der Waals surface area (Å²) in [6, 6.07) is 0. The monoisotopic (exact) mass is 251 g/mol. The smallest absolute Gasteiger partial charge is 0.346 e. The van der Waals surface area contributed by atoms with E-state index < -0.39 is 0 Å². The maximum absolute atomic E-state index is 3.54. The summed E-state index contributed by atoms with van der Waals surface area (Å²) >= 11 is 0. The molecular formula is C4H8Pt. The van der Waals surface area contributed by atoms with Gasteiger partial charge in [0.2, 0.25) is 0 Å². The van der Waals surface area contributed by atoms with E-state index in [9.17, 15) is 0 Å². The fourth-order valence-electron chi connectivity index (χ4n) is 0. The molecule has 0 bridgehead atoms.